The number of carbonyl (C=O) groups excluding carboxylic acids is 2. The van der Waals surface area contributed by atoms with E-state index in [9.17, 15) is 14.7 Å². The summed E-state index contributed by atoms with van der Waals surface area (Å²) in [6.07, 6.45) is 0. The first-order chi connectivity index (χ1) is 18.1. The lowest BCUT2D eigenvalue weighted by Crippen LogP contribution is -2.29. The lowest BCUT2D eigenvalue weighted by atomic mass is 9.85. The number of fused-ring (bicyclic) bond motifs is 1. The first-order valence-corrected chi connectivity index (χ1v) is 12.5. The highest BCUT2D eigenvalue weighted by molar-refractivity contribution is 6.46. The molecule has 0 bridgehead atoms. The van der Waals surface area contributed by atoms with Crippen LogP contribution in [0.1, 0.15) is 54.6 Å². The Balaban J connectivity index is 1.65. The van der Waals surface area contributed by atoms with E-state index in [-0.39, 0.29) is 30.1 Å². The number of ether oxygens (including phenoxy) is 3. The largest absolute Gasteiger partial charge is 0.507 e. The van der Waals surface area contributed by atoms with Crippen LogP contribution in [0.3, 0.4) is 0 Å². The van der Waals surface area contributed by atoms with Gasteiger partial charge in [0.05, 0.1) is 24.3 Å². The zero-order chi connectivity index (χ0) is 27.2. The highest BCUT2D eigenvalue weighted by atomic mass is 16.7. The van der Waals surface area contributed by atoms with Crippen LogP contribution in [0.5, 0.6) is 17.2 Å². The summed E-state index contributed by atoms with van der Waals surface area (Å²) in [4.78, 5) is 28.5. The van der Waals surface area contributed by atoms with Crippen LogP contribution >= 0.6 is 0 Å². The van der Waals surface area contributed by atoms with Crippen LogP contribution in [-0.4, -0.2) is 35.6 Å². The van der Waals surface area contributed by atoms with Gasteiger partial charge < -0.3 is 24.2 Å². The summed E-state index contributed by atoms with van der Waals surface area (Å²) >= 11 is 0. The van der Waals surface area contributed by atoms with Crippen molar-refractivity contribution in [1.29, 1.82) is 0 Å². The number of methoxy groups -OCH3 is 1. The molecule has 7 heteroatoms. The summed E-state index contributed by atoms with van der Waals surface area (Å²) < 4.78 is 16.4. The molecule has 1 atom stereocenters. The van der Waals surface area contributed by atoms with Crippen molar-refractivity contribution < 1.29 is 28.9 Å². The van der Waals surface area contributed by atoms with Gasteiger partial charge in [0.25, 0.3) is 11.7 Å². The van der Waals surface area contributed by atoms with Crippen molar-refractivity contribution in [1.82, 2.24) is 4.90 Å². The van der Waals surface area contributed by atoms with Crippen LogP contribution in [0.4, 0.5) is 0 Å². The normalized spacial score (nSPS) is 18.2. The van der Waals surface area contributed by atoms with E-state index in [4.69, 9.17) is 14.2 Å². The number of aliphatic hydroxyl groups excluding tert-OH is 1. The summed E-state index contributed by atoms with van der Waals surface area (Å²) in [6.45, 7) is 8.54. The number of aliphatic hydroxyl groups is 1. The third-order valence-corrected chi connectivity index (χ3v) is 7.03. The topological polar surface area (TPSA) is 85.3 Å². The van der Waals surface area contributed by atoms with Gasteiger partial charge in [-0.3, -0.25) is 9.59 Å². The second-order valence-electron chi connectivity index (χ2n) is 10.7. The van der Waals surface area contributed by atoms with Gasteiger partial charge in [0.1, 0.15) is 11.5 Å². The Hall–Kier alpha value is -4.26. The quantitative estimate of drug-likeness (QED) is 0.270. The number of benzene rings is 3. The van der Waals surface area contributed by atoms with Gasteiger partial charge in [-0.25, -0.2) is 0 Å². The van der Waals surface area contributed by atoms with Gasteiger partial charge in [-0.05, 0) is 53.3 Å². The molecule has 0 saturated carbocycles. The highest BCUT2D eigenvalue weighted by Gasteiger charge is 2.46. The van der Waals surface area contributed by atoms with Crippen LogP contribution in [-0.2, 0) is 21.5 Å². The van der Waals surface area contributed by atoms with E-state index in [0.717, 1.165) is 22.3 Å². The highest BCUT2D eigenvalue weighted by Crippen LogP contribution is 2.43. The Labute approximate surface area is 222 Å². The summed E-state index contributed by atoms with van der Waals surface area (Å²) in [5, 5.41) is 11.5. The lowest BCUT2D eigenvalue weighted by Gasteiger charge is -2.27. The van der Waals surface area contributed by atoms with E-state index in [1.165, 1.54) is 12.0 Å². The van der Waals surface area contributed by atoms with E-state index in [0.29, 0.717) is 22.8 Å². The van der Waals surface area contributed by atoms with E-state index >= 15 is 0 Å². The maximum atomic E-state index is 13.5. The number of likely N-dealkylation sites (tertiary alicyclic amines) is 1. The predicted octanol–water partition coefficient (Wildman–Crippen LogP) is 5.65. The van der Waals surface area contributed by atoms with Crippen LogP contribution in [0.25, 0.3) is 5.76 Å². The molecule has 3 aromatic carbocycles. The second kappa shape index (κ2) is 9.56. The third-order valence-electron chi connectivity index (χ3n) is 7.03. The van der Waals surface area contributed by atoms with Crippen molar-refractivity contribution in [2.24, 2.45) is 0 Å². The number of nitrogens with zero attached hydrogens (tertiary/aromatic N) is 1. The number of hydrogen-bond acceptors (Lipinski definition) is 6. The first kappa shape index (κ1) is 25.4. The van der Waals surface area contributed by atoms with Crippen LogP contribution in [0, 0.1) is 6.92 Å². The molecule has 0 aliphatic carbocycles. The molecule has 1 N–H and O–H groups in total. The number of hydrogen-bond donors (Lipinski definition) is 1. The molecule has 196 valence electrons. The maximum Gasteiger partial charge on any atom is 0.295 e. The van der Waals surface area contributed by atoms with Gasteiger partial charge in [-0.15, -0.1) is 0 Å². The van der Waals surface area contributed by atoms with Crippen molar-refractivity contribution >= 4 is 17.4 Å². The van der Waals surface area contributed by atoms with Gasteiger partial charge in [0.2, 0.25) is 6.79 Å². The number of rotatable bonds is 5. The van der Waals surface area contributed by atoms with Crippen molar-refractivity contribution in [2.75, 3.05) is 13.9 Å². The fourth-order valence-corrected chi connectivity index (χ4v) is 4.94. The third kappa shape index (κ3) is 4.49. The molecule has 1 amide bonds. The summed E-state index contributed by atoms with van der Waals surface area (Å²) in [5.74, 6) is -0.0392. The van der Waals surface area contributed by atoms with Gasteiger partial charge in [-0.2, -0.15) is 0 Å². The molecule has 7 nitrogen and oxygen atoms in total. The van der Waals surface area contributed by atoms with E-state index in [2.05, 4.69) is 20.8 Å². The Morgan fingerprint density at radius 3 is 2.39 bits per heavy atom. The first-order valence-electron chi connectivity index (χ1n) is 12.5. The van der Waals surface area contributed by atoms with Gasteiger partial charge in [0, 0.05) is 6.54 Å². The van der Waals surface area contributed by atoms with Crippen LogP contribution in [0.15, 0.2) is 66.2 Å². The number of carbonyl (C=O) groups is 2. The molecular weight excluding hydrogens is 482 g/mol. The maximum absolute atomic E-state index is 13.5. The zero-order valence-corrected chi connectivity index (χ0v) is 22.2. The smallest absolute Gasteiger partial charge is 0.295 e. The molecule has 2 heterocycles. The standard InChI is InChI=1S/C31H31NO6/c1-18-6-12-23(36-5)22(14-18)28(33)26-27(20-8-10-21(11-9-20)31(2,3)4)32(30(35)29(26)34)16-19-7-13-24-25(15-19)38-17-37-24/h6-15,27,33H,16-17H2,1-5H3/b28-26+. The van der Waals surface area contributed by atoms with E-state index in [1.807, 2.05) is 49.4 Å². The number of Topliss-reactive ketones (excluding diaryl/α,β-unsaturated/α-hetero) is 1. The van der Waals surface area contributed by atoms with E-state index in [1.54, 1.807) is 18.2 Å². The number of amides is 1. The molecule has 2 aliphatic heterocycles. The molecule has 38 heavy (non-hydrogen) atoms. The summed E-state index contributed by atoms with van der Waals surface area (Å²) in [7, 11) is 1.50. The molecule has 5 rings (SSSR count). The number of ketones is 1. The lowest BCUT2D eigenvalue weighted by molar-refractivity contribution is -0.140. The van der Waals surface area contributed by atoms with Crippen molar-refractivity contribution in [3.63, 3.8) is 0 Å². The summed E-state index contributed by atoms with van der Waals surface area (Å²) in [5.41, 5.74) is 3.84. The van der Waals surface area contributed by atoms with Crippen LogP contribution in [0.2, 0.25) is 0 Å². The molecule has 0 aromatic heterocycles. The SMILES string of the molecule is COc1ccc(C)cc1/C(O)=C1\C(=O)C(=O)N(Cc2ccc3c(c2)OCO3)C1c1ccc(C(C)(C)C)cc1. The average Bonchev–Trinajstić information content (AvgIpc) is 3.46. The fourth-order valence-electron chi connectivity index (χ4n) is 4.94. The Morgan fingerprint density at radius 1 is 1.00 bits per heavy atom. The minimum absolute atomic E-state index is 0.0307. The second-order valence-corrected chi connectivity index (χ2v) is 10.7. The van der Waals surface area contributed by atoms with Gasteiger partial charge in [-0.1, -0.05) is 62.7 Å². The van der Waals surface area contributed by atoms with Crippen LogP contribution < -0.4 is 14.2 Å². The average molecular weight is 514 g/mol. The molecule has 3 aromatic rings. The monoisotopic (exact) mass is 513 g/mol. The van der Waals surface area contributed by atoms with Crippen molar-refractivity contribution in [3.8, 4) is 17.2 Å². The number of aryl methyl sites for hydroxylation is 1. The Bertz CT molecular complexity index is 1450. The van der Waals surface area contributed by atoms with Crippen molar-refractivity contribution in [2.45, 2.75) is 45.7 Å². The fraction of sp³-hybridized carbons (Fsp3) is 0.290. The molecule has 1 fully saturated rings. The van der Waals surface area contributed by atoms with Crippen molar-refractivity contribution in [3.05, 3.63) is 94.1 Å². The van der Waals surface area contributed by atoms with E-state index < -0.39 is 17.7 Å². The minimum atomic E-state index is -0.792. The van der Waals surface area contributed by atoms with Gasteiger partial charge in [0.15, 0.2) is 11.5 Å². The molecule has 1 unspecified atom stereocenters. The molecule has 0 spiro atoms. The Morgan fingerprint density at radius 2 is 1.71 bits per heavy atom. The predicted molar refractivity (Wildman–Crippen MR) is 143 cm³/mol. The molecule has 0 radical (unpaired) electrons. The summed E-state index contributed by atoms with van der Waals surface area (Å²) in [6, 6.07) is 17.8. The van der Waals surface area contributed by atoms with Gasteiger partial charge >= 0.3 is 0 Å². The molecule has 1 saturated heterocycles. The minimum Gasteiger partial charge on any atom is -0.507 e. The molecule has 2 aliphatic rings. The molecular formula is C31H31NO6. The zero-order valence-electron chi connectivity index (χ0n) is 22.2. The Kier molecular flexibility index (Phi) is 6.39.